The highest BCUT2D eigenvalue weighted by atomic mass is 16.2. The summed E-state index contributed by atoms with van der Waals surface area (Å²) in [6.45, 7) is 2.71. The molecule has 0 aromatic rings. The minimum atomic E-state index is -0.227. The van der Waals surface area contributed by atoms with E-state index in [2.05, 4.69) is 10.6 Å². The number of nitrogens with one attached hydrogen (secondary N) is 2. The summed E-state index contributed by atoms with van der Waals surface area (Å²) in [6, 6.07) is 0. The lowest BCUT2D eigenvalue weighted by atomic mass is 9.75. The first-order valence-electron chi connectivity index (χ1n) is 6.82. The fourth-order valence-electron chi connectivity index (χ4n) is 3.45. The molecule has 1 heterocycles. The lowest BCUT2D eigenvalue weighted by molar-refractivity contribution is -0.128. The molecule has 5 nitrogen and oxygen atoms in total. The fraction of sp³-hybridized carbons (Fsp3) is 0.846. The van der Waals surface area contributed by atoms with Crippen molar-refractivity contribution in [3.8, 4) is 0 Å². The Bertz CT molecular complexity index is 335. The van der Waals surface area contributed by atoms with Gasteiger partial charge in [-0.1, -0.05) is 0 Å². The van der Waals surface area contributed by atoms with Crippen LogP contribution in [0.5, 0.6) is 0 Å². The number of nitrogens with zero attached hydrogens (tertiary/aromatic N) is 1. The third kappa shape index (κ3) is 2.11. The number of carbonyl (C=O) groups excluding carboxylic acids is 2. The van der Waals surface area contributed by atoms with Gasteiger partial charge in [-0.05, 0) is 46.1 Å². The Morgan fingerprint density at radius 2 is 2.00 bits per heavy atom. The summed E-state index contributed by atoms with van der Waals surface area (Å²) in [5.74, 6) is 0.176. The summed E-state index contributed by atoms with van der Waals surface area (Å²) in [4.78, 5) is 24.4. The quantitative estimate of drug-likeness (QED) is 0.570. The Morgan fingerprint density at radius 3 is 2.39 bits per heavy atom. The van der Waals surface area contributed by atoms with Crippen LogP contribution in [-0.2, 0) is 9.59 Å². The molecule has 1 spiro atoms. The Labute approximate surface area is 108 Å². The molecule has 102 valence electrons. The lowest BCUT2D eigenvalue weighted by Crippen LogP contribution is -2.62. The molecule has 1 aliphatic carbocycles. The molecule has 2 rings (SSSR count). The van der Waals surface area contributed by atoms with E-state index in [9.17, 15) is 9.59 Å². The van der Waals surface area contributed by atoms with Gasteiger partial charge in [-0.3, -0.25) is 14.9 Å². The molecule has 0 aromatic carbocycles. The average Bonchev–Trinajstić information content (AvgIpc) is 2.75. The molecule has 2 fully saturated rings. The predicted molar refractivity (Wildman–Crippen MR) is 68.8 cm³/mol. The average molecular weight is 253 g/mol. The maximum atomic E-state index is 11.4. The zero-order chi connectivity index (χ0) is 13.2. The standard InChI is InChI=1S/C13H23N3O2/c1-3-16(10-17)13(14-2)8-6-12(7-9-13)5-4-11(18)15-12/h10,14H,3-9H2,1-2H3,(H,15,18). The topological polar surface area (TPSA) is 61.4 Å². The Balaban J connectivity index is 2.07. The molecular weight excluding hydrogens is 230 g/mol. The van der Waals surface area contributed by atoms with E-state index >= 15 is 0 Å². The van der Waals surface area contributed by atoms with Crippen molar-refractivity contribution in [3.05, 3.63) is 0 Å². The van der Waals surface area contributed by atoms with E-state index in [0.717, 1.165) is 38.5 Å². The second-order valence-electron chi connectivity index (χ2n) is 5.50. The summed E-state index contributed by atoms with van der Waals surface area (Å²) in [5.41, 5.74) is -0.227. The van der Waals surface area contributed by atoms with E-state index in [1.165, 1.54) is 0 Å². The Hall–Kier alpha value is -1.10. The van der Waals surface area contributed by atoms with Crippen molar-refractivity contribution in [3.63, 3.8) is 0 Å². The van der Waals surface area contributed by atoms with Gasteiger partial charge in [0.2, 0.25) is 12.3 Å². The highest BCUT2D eigenvalue weighted by Crippen LogP contribution is 2.40. The number of hydrogen-bond acceptors (Lipinski definition) is 3. The second-order valence-corrected chi connectivity index (χ2v) is 5.50. The summed E-state index contributed by atoms with van der Waals surface area (Å²) >= 11 is 0. The first-order chi connectivity index (χ1) is 8.60. The largest absolute Gasteiger partial charge is 0.351 e. The summed E-state index contributed by atoms with van der Waals surface area (Å²) in [6.07, 6.45) is 6.22. The van der Waals surface area contributed by atoms with Crippen LogP contribution in [0.3, 0.4) is 0 Å². The van der Waals surface area contributed by atoms with Crippen molar-refractivity contribution in [2.75, 3.05) is 13.6 Å². The van der Waals surface area contributed by atoms with Gasteiger partial charge in [0.15, 0.2) is 0 Å². The van der Waals surface area contributed by atoms with Crippen LogP contribution in [0.4, 0.5) is 0 Å². The van der Waals surface area contributed by atoms with E-state index in [4.69, 9.17) is 0 Å². The number of rotatable bonds is 4. The van der Waals surface area contributed by atoms with Crippen LogP contribution < -0.4 is 10.6 Å². The van der Waals surface area contributed by atoms with Gasteiger partial charge in [0.1, 0.15) is 0 Å². The van der Waals surface area contributed by atoms with Crippen molar-refractivity contribution in [1.82, 2.24) is 15.5 Å². The van der Waals surface area contributed by atoms with Gasteiger partial charge in [-0.2, -0.15) is 0 Å². The molecule has 0 atom stereocenters. The van der Waals surface area contributed by atoms with Crippen LogP contribution in [0.15, 0.2) is 0 Å². The molecule has 0 bridgehead atoms. The highest BCUT2D eigenvalue weighted by molar-refractivity contribution is 5.79. The van der Waals surface area contributed by atoms with E-state index in [1.807, 2.05) is 18.9 Å². The van der Waals surface area contributed by atoms with Crippen LogP contribution in [0.25, 0.3) is 0 Å². The third-order valence-corrected chi connectivity index (χ3v) is 4.75. The first-order valence-corrected chi connectivity index (χ1v) is 6.82. The zero-order valence-electron chi connectivity index (χ0n) is 11.3. The van der Waals surface area contributed by atoms with Crippen LogP contribution in [0.2, 0.25) is 0 Å². The Morgan fingerprint density at radius 1 is 1.33 bits per heavy atom. The van der Waals surface area contributed by atoms with Gasteiger partial charge in [0.05, 0.1) is 5.66 Å². The highest BCUT2D eigenvalue weighted by Gasteiger charge is 2.47. The molecule has 0 radical (unpaired) electrons. The maximum absolute atomic E-state index is 11.4. The molecule has 0 unspecified atom stereocenters. The smallest absolute Gasteiger partial charge is 0.220 e. The summed E-state index contributed by atoms with van der Waals surface area (Å²) in [5, 5.41) is 6.45. The normalized spacial score (nSPS) is 35.6. The van der Waals surface area contributed by atoms with E-state index < -0.39 is 0 Å². The minimum absolute atomic E-state index is 0.000269. The molecular formula is C13H23N3O2. The van der Waals surface area contributed by atoms with Gasteiger partial charge in [0, 0.05) is 18.5 Å². The van der Waals surface area contributed by atoms with Crippen LogP contribution in [0, 0.1) is 0 Å². The van der Waals surface area contributed by atoms with Gasteiger partial charge >= 0.3 is 0 Å². The monoisotopic (exact) mass is 253 g/mol. The SMILES string of the molecule is CCN(C=O)C1(NC)CCC2(CCC(=O)N2)CC1. The molecule has 5 heteroatoms. The van der Waals surface area contributed by atoms with Crippen molar-refractivity contribution < 1.29 is 9.59 Å². The van der Waals surface area contributed by atoms with Gasteiger partial charge < -0.3 is 10.2 Å². The molecule has 2 amide bonds. The third-order valence-electron chi connectivity index (χ3n) is 4.75. The number of carbonyl (C=O) groups is 2. The van der Waals surface area contributed by atoms with E-state index in [0.29, 0.717) is 13.0 Å². The van der Waals surface area contributed by atoms with Crippen LogP contribution >= 0.6 is 0 Å². The van der Waals surface area contributed by atoms with Crippen LogP contribution in [-0.4, -0.2) is 42.0 Å². The maximum Gasteiger partial charge on any atom is 0.220 e. The summed E-state index contributed by atoms with van der Waals surface area (Å²) < 4.78 is 0. The number of hydrogen-bond donors (Lipinski definition) is 2. The van der Waals surface area contributed by atoms with Gasteiger partial charge in [-0.25, -0.2) is 0 Å². The second kappa shape index (κ2) is 4.88. The molecule has 18 heavy (non-hydrogen) atoms. The van der Waals surface area contributed by atoms with Crippen molar-refractivity contribution in [2.45, 2.75) is 56.7 Å². The zero-order valence-corrected chi connectivity index (χ0v) is 11.3. The lowest BCUT2D eigenvalue weighted by Gasteiger charge is -2.49. The Kier molecular flexibility index (Phi) is 3.61. The molecule has 2 N–H and O–H groups in total. The van der Waals surface area contributed by atoms with E-state index in [1.54, 1.807) is 0 Å². The van der Waals surface area contributed by atoms with Crippen molar-refractivity contribution in [2.24, 2.45) is 0 Å². The predicted octanol–water partition coefficient (Wildman–Crippen LogP) is 0.603. The van der Waals surface area contributed by atoms with Crippen molar-refractivity contribution >= 4 is 12.3 Å². The van der Waals surface area contributed by atoms with E-state index in [-0.39, 0.29) is 17.1 Å². The van der Waals surface area contributed by atoms with Gasteiger partial charge in [-0.15, -0.1) is 0 Å². The minimum Gasteiger partial charge on any atom is -0.351 e. The van der Waals surface area contributed by atoms with Gasteiger partial charge in [0.25, 0.3) is 0 Å². The summed E-state index contributed by atoms with van der Waals surface area (Å²) in [7, 11) is 1.91. The molecule has 0 aromatic heterocycles. The molecule has 1 saturated heterocycles. The molecule has 2 aliphatic rings. The first kappa shape index (κ1) is 13.3. The molecule has 1 aliphatic heterocycles. The van der Waals surface area contributed by atoms with Crippen molar-refractivity contribution in [1.29, 1.82) is 0 Å². The van der Waals surface area contributed by atoms with Crippen LogP contribution in [0.1, 0.15) is 45.4 Å². The molecule has 1 saturated carbocycles. The number of amides is 2. The fourth-order valence-corrected chi connectivity index (χ4v) is 3.45.